The third kappa shape index (κ3) is 4.67. The van der Waals surface area contributed by atoms with Crippen LogP contribution in [-0.4, -0.2) is 0 Å². The molecule has 1 aromatic carbocycles. The average molecular weight is 270 g/mol. The molecule has 1 aromatic rings. The largest absolute Gasteiger partial charge is 0.0955 e. The maximum atomic E-state index is 4.12. The van der Waals surface area contributed by atoms with Crippen LogP contribution in [0.4, 0.5) is 0 Å². The highest BCUT2D eigenvalue weighted by molar-refractivity contribution is 5.73. The molecule has 0 aliphatic rings. The van der Waals surface area contributed by atoms with Crippen LogP contribution in [0.3, 0.4) is 0 Å². The molecule has 1 rings (SSSR count). The maximum absolute atomic E-state index is 4.12. The summed E-state index contributed by atoms with van der Waals surface area (Å²) in [6.07, 6.45) is 8.44. The highest BCUT2D eigenvalue weighted by atomic mass is 14.2. The summed E-state index contributed by atoms with van der Waals surface area (Å²) in [5, 5.41) is 0. The molecule has 0 unspecified atom stereocenters. The normalized spacial score (nSPS) is 12.1. The Balaban J connectivity index is 3.07. The molecule has 0 fully saturated rings. The molecule has 0 heterocycles. The third-order valence-electron chi connectivity index (χ3n) is 4.01. The topological polar surface area (TPSA) is 0 Å². The molecule has 0 radical (unpaired) electrons. The van der Waals surface area contributed by atoms with Gasteiger partial charge in [0.15, 0.2) is 0 Å². The van der Waals surface area contributed by atoms with E-state index in [9.17, 15) is 0 Å². The Kier molecular flexibility index (Phi) is 5.80. The van der Waals surface area contributed by atoms with Gasteiger partial charge in [0, 0.05) is 0 Å². The van der Waals surface area contributed by atoms with Crippen molar-refractivity contribution in [3.05, 3.63) is 47.0 Å². The van der Waals surface area contributed by atoms with Crippen LogP contribution < -0.4 is 0 Å². The standard InChI is InChI=1S/C20H30/c1-8-9-11-20(6,7)12-10-18-13-16(4)17(5)14-19(18)15(2)3/h10,12-14H,2,8-9,11H2,1,3-7H3/b12-10-. The van der Waals surface area contributed by atoms with Crippen molar-refractivity contribution in [3.63, 3.8) is 0 Å². The number of benzene rings is 1. The molecule has 0 spiro atoms. The van der Waals surface area contributed by atoms with Crippen LogP contribution in [0.15, 0.2) is 24.8 Å². The van der Waals surface area contributed by atoms with Crippen molar-refractivity contribution < 1.29 is 0 Å². The number of aryl methyl sites for hydroxylation is 2. The van der Waals surface area contributed by atoms with Crippen LogP contribution >= 0.6 is 0 Å². The summed E-state index contributed by atoms with van der Waals surface area (Å²) in [6, 6.07) is 4.54. The Morgan fingerprint density at radius 2 is 1.80 bits per heavy atom. The molecular weight excluding hydrogens is 240 g/mol. The van der Waals surface area contributed by atoms with Crippen molar-refractivity contribution in [3.8, 4) is 0 Å². The van der Waals surface area contributed by atoms with E-state index in [1.807, 2.05) is 0 Å². The highest BCUT2D eigenvalue weighted by Gasteiger charge is 2.13. The molecule has 110 valence electrons. The molecule has 0 aliphatic carbocycles. The van der Waals surface area contributed by atoms with Gasteiger partial charge < -0.3 is 0 Å². The van der Waals surface area contributed by atoms with E-state index in [0.717, 1.165) is 5.57 Å². The van der Waals surface area contributed by atoms with E-state index in [1.54, 1.807) is 0 Å². The Hall–Kier alpha value is -1.30. The number of rotatable bonds is 6. The minimum atomic E-state index is 0.265. The minimum Gasteiger partial charge on any atom is -0.0955 e. The first-order valence-electron chi connectivity index (χ1n) is 7.73. The van der Waals surface area contributed by atoms with Gasteiger partial charge in [0.25, 0.3) is 0 Å². The first-order valence-corrected chi connectivity index (χ1v) is 7.73. The summed E-state index contributed by atoms with van der Waals surface area (Å²) in [5.74, 6) is 0. The van der Waals surface area contributed by atoms with Gasteiger partial charge in [0.1, 0.15) is 0 Å². The van der Waals surface area contributed by atoms with Crippen LogP contribution in [0.1, 0.15) is 69.2 Å². The molecular formula is C20H30. The Labute approximate surface area is 125 Å². The number of hydrogen-bond acceptors (Lipinski definition) is 0. The first kappa shape index (κ1) is 16.8. The minimum absolute atomic E-state index is 0.265. The lowest BCUT2D eigenvalue weighted by Gasteiger charge is -2.20. The monoisotopic (exact) mass is 270 g/mol. The molecule has 0 bridgehead atoms. The second-order valence-electron chi connectivity index (χ2n) is 6.73. The molecule has 0 saturated carbocycles. The zero-order valence-corrected chi connectivity index (χ0v) is 14.1. The number of unbranched alkanes of at least 4 members (excludes halogenated alkanes) is 1. The van der Waals surface area contributed by atoms with Gasteiger partial charge in [-0.05, 0) is 54.9 Å². The molecule has 0 aromatic heterocycles. The summed E-state index contributed by atoms with van der Waals surface area (Å²) < 4.78 is 0. The molecule has 0 atom stereocenters. The zero-order valence-electron chi connectivity index (χ0n) is 14.1. The Bertz CT molecular complexity index is 501. The van der Waals surface area contributed by atoms with Gasteiger partial charge in [-0.1, -0.05) is 70.0 Å². The average Bonchev–Trinajstić information content (AvgIpc) is 2.37. The van der Waals surface area contributed by atoms with Gasteiger partial charge in [-0.2, -0.15) is 0 Å². The number of hydrogen-bond donors (Lipinski definition) is 0. The predicted octanol–water partition coefficient (Wildman–Crippen LogP) is 6.57. The van der Waals surface area contributed by atoms with Crippen LogP contribution in [0, 0.1) is 19.3 Å². The highest BCUT2D eigenvalue weighted by Crippen LogP contribution is 2.28. The van der Waals surface area contributed by atoms with Crippen molar-refractivity contribution in [2.75, 3.05) is 0 Å². The fraction of sp³-hybridized carbons (Fsp3) is 0.500. The lowest BCUT2D eigenvalue weighted by molar-refractivity contribution is 0.421. The van der Waals surface area contributed by atoms with Gasteiger partial charge in [-0.25, -0.2) is 0 Å². The summed E-state index contributed by atoms with van der Waals surface area (Å²) in [6.45, 7) is 17.4. The lowest BCUT2D eigenvalue weighted by atomic mass is 9.85. The lowest BCUT2D eigenvalue weighted by Crippen LogP contribution is -2.06. The van der Waals surface area contributed by atoms with E-state index in [0.29, 0.717) is 0 Å². The maximum Gasteiger partial charge on any atom is -0.0158 e. The van der Waals surface area contributed by atoms with Gasteiger partial charge in [-0.3, -0.25) is 0 Å². The molecule has 0 nitrogen and oxygen atoms in total. The molecule has 0 saturated heterocycles. The van der Waals surface area contributed by atoms with Crippen molar-refractivity contribution >= 4 is 11.6 Å². The van der Waals surface area contributed by atoms with Gasteiger partial charge >= 0.3 is 0 Å². The van der Waals surface area contributed by atoms with E-state index in [-0.39, 0.29) is 5.41 Å². The summed E-state index contributed by atoms with van der Waals surface area (Å²) in [7, 11) is 0. The van der Waals surface area contributed by atoms with E-state index < -0.39 is 0 Å². The fourth-order valence-corrected chi connectivity index (χ4v) is 2.38. The molecule has 0 heteroatoms. The van der Waals surface area contributed by atoms with Crippen molar-refractivity contribution in [2.24, 2.45) is 5.41 Å². The van der Waals surface area contributed by atoms with Gasteiger partial charge in [0.2, 0.25) is 0 Å². The van der Waals surface area contributed by atoms with E-state index >= 15 is 0 Å². The first-order chi connectivity index (χ1) is 9.26. The van der Waals surface area contributed by atoms with Crippen molar-refractivity contribution in [2.45, 2.75) is 60.8 Å². The molecule has 0 amide bonds. The van der Waals surface area contributed by atoms with Gasteiger partial charge in [-0.15, -0.1) is 0 Å². The van der Waals surface area contributed by atoms with Crippen LogP contribution in [0.2, 0.25) is 0 Å². The van der Waals surface area contributed by atoms with E-state index in [2.05, 4.69) is 72.4 Å². The van der Waals surface area contributed by atoms with Crippen LogP contribution in [-0.2, 0) is 0 Å². The predicted molar refractivity (Wildman–Crippen MR) is 93.0 cm³/mol. The van der Waals surface area contributed by atoms with Gasteiger partial charge in [0.05, 0.1) is 0 Å². The second kappa shape index (κ2) is 6.92. The van der Waals surface area contributed by atoms with Crippen molar-refractivity contribution in [1.29, 1.82) is 0 Å². The zero-order chi connectivity index (χ0) is 15.3. The van der Waals surface area contributed by atoms with E-state index in [1.165, 1.54) is 41.5 Å². The quantitative estimate of drug-likeness (QED) is 0.548. The Morgan fingerprint density at radius 3 is 2.35 bits per heavy atom. The summed E-state index contributed by atoms with van der Waals surface area (Å²) >= 11 is 0. The van der Waals surface area contributed by atoms with E-state index in [4.69, 9.17) is 0 Å². The van der Waals surface area contributed by atoms with Crippen molar-refractivity contribution in [1.82, 2.24) is 0 Å². The SMILES string of the molecule is C=C(C)c1cc(C)c(C)cc1/C=C\C(C)(C)CCCC. The number of allylic oxidation sites excluding steroid dienone is 2. The third-order valence-corrected chi connectivity index (χ3v) is 4.01. The molecule has 0 aliphatic heterocycles. The summed E-state index contributed by atoms with van der Waals surface area (Å²) in [4.78, 5) is 0. The smallest absolute Gasteiger partial charge is 0.0158 e. The Morgan fingerprint density at radius 1 is 1.20 bits per heavy atom. The second-order valence-corrected chi connectivity index (χ2v) is 6.73. The summed E-state index contributed by atoms with van der Waals surface area (Å²) in [5.41, 5.74) is 6.66. The van der Waals surface area contributed by atoms with Crippen LogP contribution in [0.25, 0.3) is 11.6 Å². The van der Waals surface area contributed by atoms with Crippen LogP contribution in [0.5, 0.6) is 0 Å². The molecule has 0 N–H and O–H groups in total. The fourth-order valence-electron chi connectivity index (χ4n) is 2.38. The molecule has 20 heavy (non-hydrogen) atoms.